The van der Waals surface area contributed by atoms with Crippen LogP contribution in [-0.4, -0.2) is 40.2 Å². The average molecular weight is 452 g/mol. The third-order valence-corrected chi connectivity index (χ3v) is 8.06. The van der Waals surface area contributed by atoms with Crippen LogP contribution in [0.2, 0.25) is 0 Å². The van der Waals surface area contributed by atoms with Crippen LogP contribution < -0.4 is 5.73 Å². The lowest BCUT2D eigenvalue weighted by Gasteiger charge is -2.55. The fraction of sp³-hybridized carbons (Fsp3) is 0.652. The fourth-order valence-electron chi connectivity index (χ4n) is 5.35. The maximum atomic E-state index is 11.6. The van der Waals surface area contributed by atoms with Crippen molar-refractivity contribution in [3.63, 3.8) is 0 Å². The highest BCUT2D eigenvalue weighted by Crippen LogP contribution is 2.54. The lowest BCUT2D eigenvalue weighted by Crippen LogP contribution is -2.55. The third kappa shape index (κ3) is 6.41. The van der Waals surface area contributed by atoms with Crippen molar-refractivity contribution in [2.24, 2.45) is 29.4 Å². The molecule has 4 saturated carbocycles. The van der Waals surface area contributed by atoms with E-state index in [0.29, 0.717) is 11.3 Å². The van der Waals surface area contributed by atoms with E-state index in [1.807, 2.05) is 30.3 Å². The minimum Gasteiger partial charge on any atom is -0.478 e. The Morgan fingerprint density at radius 3 is 2.13 bits per heavy atom. The van der Waals surface area contributed by atoms with Crippen LogP contribution in [0.4, 0.5) is 0 Å². The first-order valence-corrected chi connectivity index (χ1v) is 12.4. The maximum absolute atomic E-state index is 11.6. The number of rotatable bonds is 7. The Morgan fingerprint density at radius 2 is 1.70 bits per heavy atom. The van der Waals surface area contributed by atoms with E-state index in [1.54, 1.807) is 6.92 Å². The van der Waals surface area contributed by atoms with Crippen LogP contribution >= 0.6 is 24.4 Å². The molecule has 5 nitrogen and oxygen atoms in total. The van der Waals surface area contributed by atoms with E-state index < -0.39 is 24.0 Å². The SMILES string of the molecule is C[C@@H](CS)C(=O)OC(CSc1ccccc1)C(=O)O.NC12CC3CC(CC(C3)C1)C2. The zero-order valence-corrected chi connectivity index (χ0v) is 19.2. The molecule has 0 spiro atoms. The van der Waals surface area contributed by atoms with Crippen molar-refractivity contribution in [2.45, 2.75) is 62.0 Å². The lowest BCUT2D eigenvalue weighted by molar-refractivity contribution is -0.164. The van der Waals surface area contributed by atoms with E-state index in [4.69, 9.17) is 15.6 Å². The van der Waals surface area contributed by atoms with Crippen LogP contribution in [0.25, 0.3) is 0 Å². The van der Waals surface area contributed by atoms with Crippen LogP contribution in [0.3, 0.4) is 0 Å². The van der Waals surface area contributed by atoms with Crippen molar-refractivity contribution in [2.75, 3.05) is 11.5 Å². The molecule has 0 amide bonds. The van der Waals surface area contributed by atoms with Gasteiger partial charge in [-0.1, -0.05) is 25.1 Å². The summed E-state index contributed by atoms with van der Waals surface area (Å²) in [7, 11) is 0. The van der Waals surface area contributed by atoms with Gasteiger partial charge in [0.15, 0.2) is 0 Å². The maximum Gasteiger partial charge on any atom is 0.345 e. The van der Waals surface area contributed by atoms with E-state index in [0.717, 1.165) is 22.6 Å². The number of nitrogens with two attached hydrogens (primary N) is 1. The standard InChI is InChI=1S/C13H16O4S2.C10H17N/c1-9(7-18)13(16)17-11(12(14)15)8-19-10-5-3-2-4-6-10;11-10-4-7-1-8(5-10)3-9(2-7)6-10/h2-6,9,11,18H,7-8H2,1H3,(H,14,15);7-9H,1-6,11H2/t9-,11?;/m0./s1. The summed E-state index contributed by atoms with van der Waals surface area (Å²) in [5.74, 6) is 1.50. The van der Waals surface area contributed by atoms with Crippen molar-refractivity contribution in [1.29, 1.82) is 0 Å². The van der Waals surface area contributed by atoms with Gasteiger partial charge in [0.05, 0.1) is 5.92 Å². The van der Waals surface area contributed by atoms with Gasteiger partial charge in [0.1, 0.15) is 0 Å². The molecule has 1 aromatic rings. The summed E-state index contributed by atoms with van der Waals surface area (Å²) in [6, 6.07) is 9.37. The van der Waals surface area contributed by atoms with Gasteiger partial charge < -0.3 is 15.6 Å². The number of ether oxygens (including phenoxy) is 1. The molecule has 2 atom stereocenters. The number of hydrogen-bond donors (Lipinski definition) is 3. The van der Waals surface area contributed by atoms with Crippen molar-refractivity contribution in [3.8, 4) is 0 Å². The van der Waals surface area contributed by atoms with Crippen LogP contribution in [-0.2, 0) is 14.3 Å². The molecule has 0 heterocycles. The number of thioether (sulfide) groups is 1. The molecule has 30 heavy (non-hydrogen) atoms. The Balaban J connectivity index is 0.000000193. The van der Waals surface area contributed by atoms with E-state index in [2.05, 4.69) is 12.6 Å². The lowest BCUT2D eigenvalue weighted by atomic mass is 9.53. The normalized spacial score (nSPS) is 30.7. The summed E-state index contributed by atoms with van der Waals surface area (Å²) in [6.45, 7) is 1.65. The molecular weight excluding hydrogens is 418 g/mol. The van der Waals surface area contributed by atoms with Gasteiger partial charge in [-0.3, -0.25) is 4.79 Å². The molecule has 0 aliphatic heterocycles. The molecule has 0 aromatic heterocycles. The fourth-order valence-corrected chi connectivity index (χ4v) is 6.41. The minimum absolute atomic E-state index is 0.185. The number of esters is 1. The summed E-state index contributed by atoms with van der Waals surface area (Å²) in [5, 5.41) is 9.04. The predicted octanol–water partition coefficient (Wildman–Crippen LogP) is 4.25. The van der Waals surface area contributed by atoms with Crippen molar-refractivity contribution < 1.29 is 19.4 Å². The van der Waals surface area contributed by atoms with Gasteiger partial charge in [-0.2, -0.15) is 12.6 Å². The average Bonchev–Trinajstić information content (AvgIpc) is 2.69. The Kier molecular flexibility index (Phi) is 8.16. The molecule has 0 saturated heterocycles. The van der Waals surface area contributed by atoms with Gasteiger partial charge in [0.2, 0.25) is 6.10 Å². The van der Waals surface area contributed by atoms with Gasteiger partial charge in [0.25, 0.3) is 0 Å². The Labute approximate surface area is 188 Å². The number of carbonyl (C=O) groups is 2. The number of benzene rings is 1. The summed E-state index contributed by atoms with van der Waals surface area (Å²) < 4.78 is 4.98. The number of thiol groups is 1. The van der Waals surface area contributed by atoms with Crippen LogP contribution in [0.5, 0.6) is 0 Å². The first-order valence-electron chi connectivity index (χ1n) is 10.8. The second-order valence-corrected chi connectivity index (χ2v) is 10.7. The van der Waals surface area contributed by atoms with E-state index in [9.17, 15) is 9.59 Å². The molecule has 4 aliphatic rings. The van der Waals surface area contributed by atoms with Crippen LogP contribution in [0.15, 0.2) is 35.2 Å². The number of carboxylic acid groups (broad SMARTS) is 1. The molecular formula is C23H33NO4S2. The zero-order valence-electron chi connectivity index (χ0n) is 17.5. The van der Waals surface area contributed by atoms with Crippen LogP contribution in [0, 0.1) is 23.7 Å². The Hall–Kier alpha value is -1.18. The number of carbonyl (C=O) groups excluding carboxylic acids is 1. The zero-order chi connectivity index (χ0) is 21.7. The third-order valence-electron chi connectivity index (χ3n) is 6.44. The quantitative estimate of drug-likeness (QED) is 0.326. The molecule has 4 aliphatic carbocycles. The Morgan fingerprint density at radius 1 is 1.17 bits per heavy atom. The molecule has 4 fully saturated rings. The number of aliphatic carboxylic acids is 1. The minimum atomic E-state index is -1.14. The first-order chi connectivity index (χ1) is 14.3. The molecule has 7 heteroatoms. The van der Waals surface area contributed by atoms with Crippen molar-refractivity contribution in [3.05, 3.63) is 30.3 Å². The van der Waals surface area contributed by atoms with Gasteiger partial charge in [0, 0.05) is 21.9 Å². The highest BCUT2D eigenvalue weighted by Gasteiger charge is 2.48. The van der Waals surface area contributed by atoms with Crippen molar-refractivity contribution >= 4 is 36.3 Å². The molecule has 0 radical (unpaired) electrons. The molecule has 5 rings (SSSR count). The molecule has 1 unspecified atom stereocenters. The smallest absolute Gasteiger partial charge is 0.345 e. The summed E-state index contributed by atoms with van der Waals surface area (Å²) in [6.07, 6.45) is 7.43. The first kappa shape index (κ1) is 23.5. The molecule has 3 N–H and O–H groups in total. The topological polar surface area (TPSA) is 89.6 Å². The van der Waals surface area contributed by atoms with Gasteiger partial charge in [-0.25, -0.2) is 4.79 Å². The molecule has 4 bridgehead atoms. The van der Waals surface area contributed by atoms with E-state index in [1.165, 1.54) is 50.3 Å². The largest absolute Gasteiger partial charge is 0.478 e. The van der Waals surface area contributed by atoms with E-state index >= 15 is 0 Å². The van der Waals surface area contributed by atoms with Gasteiger partial charge in [-0.15, -0.1) is 11.8 Å². The monoisotopic (exact) mass is 451 g/mol. The molecule has 1 aromatic carbocycles. The molecule has 166 valence electrons. The van der Waals surface area contributed by atoms with E-state index in [-0.39, 0.29) is 5.75 Å². The highest BCUT2D eigenvalue weighted by molar-refractivity contribution is 7.99. The Bertz CT molecular complexity index is 692. The highest BCUT2D eigenvalue weighted by atomic mass is 32.2. The van der Waals surface area contributed by atoms with Crippen molar-refractivity contribution in [1.82, 2.24) is 0 Å². The second-order valence-electron chi connectivity index (χ2n) is 9.25. The summed E-state index contributed by atoms with van der Waals surface area (Å²) in [4.78, 5) is 23.6. The van der Waals surface area contributed by atoms with Crippen LogP contribution in [0.1, 0.15) is 45.4 Å². The number of carboxylic acids is 1. The second kappa shape index (κ2) is 10.4. The summed E-state index contributed by atoms with van der Waals surface area (Å²) >= 11 is 5.33. The number of hydrogen-bond acceptors (Lipinski definition) is 6. The summed E-state index contributed by atoms with van der Waals surface area (Å²) in [5.41, 5.74) is 6.62. The van der Waals surface area contributed by atoms with Gasteiger partial charge in [-0.05, 0) is 68.4 Å². The van der Waals surface area contributed by atoms with Gasteiger partial charge >= 0.3 is 11.9 Å². The predicted molar refractivity (Wildman–Crippen MR) is 123 cm³/mol.